The summed E-state index contributed by atoms with van der Waals surface area (Å²) in [4.78, 5) is 2.50. The molecule has 1 aromatic heterocycles. The van der Waals surface area contributed by atoms with Gasteiger partial charge in [0.25, 0.3) is 0 Å². The van der Waals surface area contributed by atoms with E-state index in [1.165, 1.54) is 65.1 Å². The minimum atomic E-state index is 0.685. The van der Waals surface area contributed by atoms with Crippen molar-refractivity contribution in [2.24, 2.45) is 0 Å². The predicted octanol–water partition coefficient (Wildman–Crippen LogP) is 12.1. The van der Waals surface area contributed by atoms with Crippen molar-refractivity contribution in [2.45, 2.75) is 6.42 Å². The third-order valence-electron chi connectivity index (χ3n) is 10.7. The first-order valence-electron chi connectivity index (χ1n) is 17.9. The van der Waals surface area contributed by atoms with E-state index in [1.807, 2.05) is 18.2 Å². The zero-order valence-electron chi connectivity index (χ0n) is 28.8. The molecule has 0 unspecified atom stereocenters. The number of hydrogen-bond donors (Lipinski definition) is 0. The summed E-state index contributed by atoms with van der Waals surface area (Å²) in [6.07, 6.45) is 14.0. The zero-order chi connectivity index (χ0) is 34.8. The van der Waals surface area contributed by atoms with Crippen molar-refractivity contribution in [1.29, 1.82) is 0 Å². The fourth-order valence-corrected chi connectivity index (χ4v) is 8.43. The molecule has 1 aliphatic heterocycles. The molecule has 0 N–H and O–H groups in total. The summed E-state index contributed by atoms with van der Waals surface area (Å²) in [6, 6.07) is 46.1. The summed E-state index contributed by atoms with van der Waals surface area (Å²) < 4.78 is 5.87. The van der Waals surface area contributed by atoms with Gasteiger partial charge in [-0.1, -0.05) is 159 Å². The van der Waals surface area contributed by atoms with Crippen LogP contribution >= 0.6 is 0 Å². The lowest BCUT2D eigenvalue weighted by Crippen LogP contribution is -2.19. The number of rotatable bonds is 4. The molecule has 0 saturated carbocycles. The molecule has 0 saturated heterocycles. The van der Waals surface area contributed by atoms with E-state index in [2.05, 4.69) is 164 Å². The molecule has 246 valence electrons. The third-order valence-corrected chi connectivity index (χ3v) is 10.7. The van der Waals surface area contributed by atoms with Crippen LogP contribution in [0.15, 0.2) is 174 Å². The Kier molecular flexibility index (Phi) is 6.97. The van der Waals surface area contributed by atoms with Crippen molar-refractivity contribution in [3.63, 3.8) is 0 Å². The van der Waals surface area contributed by atoms with Crippen LogP contribution in [0, 0.1) is 0 Å². The topological polar surface area (TPSA) is 16.4 Å². The molecule has 0 fully saturated rings. The van der Waals surface area contributed by atoms with E-state index in [1.54, 1.807) is 0 Å². The van der Waals surface area contributed by atoms with Crippen LogP contribution < -0.4 is 15.5 Å². The van der Waals surface area contributed by atoms with Gasteiger partial charge in [-0.3, -0.25) is 0 Å². The molecule has 2 heteroatoms. The standard InChI is InChI=1S/C50H35NO/c1-32-30-34(14-3-5-18-38-33(2)52-47-24-12-10-21-41(38)47)15-13-29-51(46-23-11-9-17-37(32)46)50-44-22-8-7-20-40(44)43-26-25-36-31-35-16-4-6-19-39(35)42-27-28-45(50)49(43)48(36)42/h3-13,15-28,30-31H,1-2,14,29H2/b5-3-,15-13-,34-30-,38-18+. The Morgan fingerprint density at radius 3 is 2.25 bits per heavy atom. The lowest BCUT2D eigenvalue weighted by atomic mass is 9.87. The minimum absolute atomic E-state index is 0.685. The molecule has 0 bridgehead atoms. The van der Waals surface area contributed by atoms with Crippen LogP contribution in [0.4, 0.5) is 11.4 Å². The molecule has 0 aliphatic carbocycles. The lowest BCUT2D eigenvalue weighted by Gasteiger charge is -2.30. The van der Waals surface area contributed by atoms with Gasteiger partial charge >= 0.3 is 0 Å². The minimum Gasteiger partial charge on any atom is -0.457 e. The Balaban J connectivity index is 1.12. The molecule has 2 heterocycles. The molecule has 0 spiro atoms. The van der Waals surface area contributed by atoms with Crippen LogP contribution in [-0.4, -0.2) is 6.54 Å². The molecule has 52 heavy (non-hydrogen) atoms. The third kappa shape index (κ3) is 4.72. The van der Waals surface area contributed by atoms with Gasteiger partial charge in [-0.05, 0) is 73.5 Å². The maximum atomic E-state index is 5.87. The molecule has 2 nitrogen and oxygen atoms in total. The van der Waals surface area contributed by atoms with E-state index < -0.39 is 0 Å². The van der Waals surface area contributed by atoms with Gasteiger partial charge in [-0.2, -0.15) is 0 Å². The van der Waals surface area contributed by atoms with E-state index in [9.17, 15) is 0 Å². The van der Waals surface area contributed by atoms with E-state index in [4.69, 9.17) is 4.42 Å². The summed E-state index contributed by atoms with van der Waals surface area (Å²) in [5.74, 6) is 0. The summed E-state index contributed by atoms with van der Waals surface area (Å²) >= 11 is 0. The number of furan rings is 1. The van der Waals surface area contributed by atoms with Gasteiger partial charge < -0.3 is 9.32 Å². The molecular formula is C50H35NO. The molecular weight excluding hydrogens is 631 g/mol. The van der Waals surface area contributed by atoms with Gasteiger partial charge in [0.15, 0.2) is 0 Å². The highest BCUT2D eigenvalue weighted by molar-refractivity contribution is 6.36. The average molecular weight is 666 g/mol. The normalized spacial score (nSPS) is 15.9. The number of allylic oxidation sites excluding steroid dienone is 6. The second-order valence-electron chi connectivity index (χ2n) is 13.7. The monoisotopic (exact) mass is 665 g/mol. The second kappa shape index (κ2) is 12.0. The molecule has 9 aromatic rings. The van der Waals surface area contributed by atoms with Crippen molar-refractivity contribution in [1.82, 2.24) is 0 Å². The highest BCUT2D eigenvalue weighted by Crippen LogP contribution is 2.48. The molecule has 0 radical (unpaired) electrons. The first-order valence-corrected chi connectivity index (χ1v) is 17.9. The van der Waals surface area contributed by atoms with Gasteiger partial charge in [0, 0.05) is 44.6 Å². The first kappa shape index (κ1) is 30.2. The lowest BCUT2D eigenvalue weighted by molar-refractivity contribution is 0.577. The highest BCUT2D eigenvalue weighted by atomic mass is 16.3. The van der Waals surface area contributed by atoms with Crippen LogP contribution in [0.3, 0.4) is 0 Å². The Labute approximate surface area is 301 Å². The summed E-state index contributed by atoms with van der Waals surface area (Å²) in [5, 5.41) is 15.0. The molecule has 10 rings (SSSR count). The number of anilines is 2. The highest BCUT2D eigenvalue weighted by Gasteiger charge is 2.23. The zero-order valence-corrected chi connectivity index (χ0v) is 28.8. The smallest absolute Gasteiger partial charge is 0.135 e. The van der Waals surface area contributed by atoms with Gasteiger partial charge in [0.05, 0.1) is 5.69 Å². The van der Waals surface area contributed by atoms with Gasteiger partial charge in [0.1, 0.15) is 11.0 Å². The van der Waals surface area contributed by atoms with Crippen LogP contribution in [0.5, 0.6) is 0 Å². The van der Waals surface area contributed by atoms with Crippen molar-refractivity contribution < 1.29 is 4.42 Å². The SMILES string of the molecule is C=C1/C=C(C/C=C\C=c2/c(=C)oc3ccccc23)\C=C/CN(c2c3ccccc3c3ccc4cc5ccccc5c5ccc2c3c45)c2ccccc21. The average Bonchev–Trinajstić information content (AvgIpc) is 3.53. The van der Waals surface area contributed by atoms with Crippen LogP contribution in [0.25, 0.3) is 83.1 Å². The number of nitrogens with zero attached hydrogens (tertiary/aromatic N) is 1. The quantitative estimate of drug-likeness (QED) is 0.137. The van der Waals surface area contributed by atoms with Crippen LogP contribution in [0.2, 0.25) is 0 Å². The van der Waals surface area contributed by atoms with Crippen molar-refractivity contribution in [3.8, 4) is 0 Å². The second-order valence-corrected chi connectivity index (χ2v) is 13.7. The maximum absolute atomic E-state index is 5.87. The van der Waals surface area contributed by atoms with E-state index >= 15 is 0 Å². The van der Waals surface area contributed by atoms with Crippen LogP contribution in [-0.2, 0) is 0 Å². The predicted molar refractivity (Wildman–Crippen MR) is 224 cm³/mol. The largest absolute Gasteiger partial charge is 0.457 e. The van der Waals surface area contributed by atoms with E-state index in [0.29, 0.717) is 12.0 Å². The Morgan fingerprint density at radius 2 is 1.35 bits per heavy atom. The van der Waals surface area contributed by atoms with E-state index in [0.717, 1.165) is 39.4 Å². The van der Waals surface area contributed by atoms with Gasteiger partial charge in [-0.15, -0.1) is 0 Å². The summed E-state index contributed by atoms with van der Waals surface area (Å²) in [6.45, 7) is 9.46. The number of hydrogen-bond acceptors (Lipinski definition) is 2. The number of para-hydroxylation sites is 2. The van der Waals surface area contributed by atoms with Crippen molar-refractivity contribution in [3.05, 3.63) is 186 Å². The summed E-state index contributed by atoms with van der Waals surface area (Å²) in [7, 11) is 0. The Morgan fingerprint density at radius 1 is 0.635 bits per heavy atom. The molecule has 8 aromatic carbocycles. The van der Waals surface area contributed by atoms with Crippen molar-refractivity contribution >= 4 is 94.4 Å². The Bertz CT molecular complexity index is 3120. The Hall–Kier alpha value is -6.64. The van der Waals surface area contributed by atoms with Gasteiger partial charge in [-0.25, -0.2) is 0 Å². The fraction of sp³-hybridized carbons (Fsp3) is 0.0400. The number of benzene rings is 8. The first-order chi connectivity index (χ1) is 25.6. The van der Waals surface area contributed by atoms with E-state index in [-0.39, 0.29) is 0 Å². The molecule has 0 amide bonds. The van der Waals surface area contributed by atoms with Crippen molar-refractivity contribution in [2.75, 3.05) is 11.4 Å². The fourth-order valence-electron chi connectivity index (χ4n) is 8.43. The molecule has 1 aliphatic rings. The van der Waals surface area contributed by atoms with Crippen LogP contribution in [0.1, 0.15) is 12.0 Å². The number of fused-ring (bicyclic) bond motifs is 6. The maximum Gasteiger partial charge on any atom is 0.135 e. The molecule has 0 atom stereocenters. The van der Waals surface area contributed by atoms with Gasteiger partial charge in [0.2, 0.25) is 0 Å². The summed E-state index contributed by atoms with van der Waals surface area (Å²) in [5.41, 5.74) is 7.25.